The largest absolute Gasteiger partial charge is 0.489 e. The first kappa shape index (κ1) is 13.1. The van der Waals surface area contributed by atoms with E-state index in [4.69, 9.17) is 10.5 Å². The Bertz CT molecular complexity index is 543. The molecule has 0 bridgehead atoms. The van der Waals surface area contributed by atoms with Gasteiger partial charge in [0.2, 0.25) is 0 Å². The fraction of sp³-hybridized carbons (Fsp3) is 0.214. The Morgan fingerprint density at radius 2 is 2.11 bits per heavy atom. The van der Waals surface area contributed by atoms with Gasteiger partial charge in [0.25, 0.3) is 0 Å². The normalized spacial score (nSPS) is 10.4. The maximum atomic E-state index is 5.78. The molecule has 0 aliphatic rings. The van der Waals surface area contributed by atoms with Crippen LogP contribution in [-0.2, 0) is 13.2 Å². The zero-order chi connectivity index (χ0) is 13.0. The molecule has 2 N–H and O–H groups in total. The second-order valence-corrected chi connectivity index (χ2v) is 5.03. The van der Waals surface area contributed by atoms with E-state index >= 15 is 0 Å². The summed E-state index contributed by atoms with van der Waals surface area (Å²) in [6, 6.07) is 8.02. The van der Waals surface area contributed by atoms with Crippen LogP contribution in [0.2, 0.25) is 0 Å². The third kappa shape index (κ3) is 3.31. The van der Waals surface area contributed by atoms with Gasteiger partial charge >= 0.3 is 0 Å². The summed E-state index contributed by atoms with van der Waals surface area (Å²) < 4.78 is 6.73. The Balaban J connectivity index is 2.10. The summed E-state index contributed by atoms with van der Waals surface area (Å²) in [5, 5.41) is 0. The maximum Gasteiger partial charge on any atom is 0.124 e. The second-order valence-electron chi connectivity index (χ2n) is 4.12. The van der Waals surface area contributed by atoms with Crippen molar-refractivity contribution in [3.63, 3.8) is 0 Å². The molecule has 0 fully saturated rings. The van der Waals surface area contributed by atoms with E-state index in [2.05, 4.69) is 27.0 Å². The minimum Gasteiger partial charge on any atom is -0.489 e. The number of aromatic nitrogens is 1. The van der Waals surface area contributed by atoms with Crippen LogP contribution < -0.4 is 10.5 Å². The van der Waals surface area contributed by atoms with Gasteiger partial charge in [-0.2, -0.15) is 0 Å². The van der Waals surface area contributed by atoms with E-state index in [1.165, 1.54) is 5.56 Å². The SMILES string of the molecule is Cc1ccc(OCc2cncc(Br)c2)c(CN)c1. The first-order chi connectivity index (χ1) is 8.69. The number of halogens is 1. The van der Waals surface area contributed by atoms with Gasteiger partial charge in [-0.15, -0.1) is 0 Å². The summed E-state index contributed by atoms with van der Waals surface area (Å²) in [5.74, 6) is 0.836. The standard InChI is InChI=1S/C14H15BrN2O/c1-10-2-3-14(12(4-10)6-16)18-9-11-5-13(15)8-17-7-11/h2-5,7-8H,6,9,16H2,1H3. The van der Waals surface area contributed by atoms with Crippen molar-refractivity contribution in [1.29, 1.82) is 0 Å². The monoisotopic (exact) mass is 306 g/mol. The van der Waals surface area contributed by atoms with E-state index < -0.39 is 0 Å². The minimum absolute atomic E-state index is 0.480. The highest BCUT2D eigenvalue weighted by molar-refractivity contribution is 9.10. The molecule has 0 atom stereocenters. The molecule has 0 saturated heterocycles. The second kappa shape index (κ2) is 5.98. The van der Waals surface area contributed by atoms with Crippen LogP contribution in [0.1, 0.15) is 16.7 Å². The molecular formula is C14H15BrN2O. The third-order valence-corrected chi connectivity index (χ3v) is 3.03. The van der Waals surface area contributed by atoms with Gasteiger partial charge in [0.15, 0.2) is 0 Å². The smallest absolute Gasteiger partial charge is 0.124 e. The van der Waals surface area contributed by atoms with E-state index in [0.29, 0.717) is 13.2 Å². The van der Waals surface area contributed by atoms with Gasteiger partial charge in [0.1, 0.15) is 12.4 Å². The summed E-state index contributed by atoms with van der Waals surface area (Å²) >= 11 is 3.39. The number of benzene rings is 1. The Morgan fingerprint density at radius 1 is 1.28 bits per heavy atom. The average molecular weight is 307 g/mol. The van der Waals surface area contributed by atoms with Crippen LogP contribution in [0.3, 0.4) is 0 Å². The number of nitrogens with two attached hydrogens (primary N) is 1. The van der Waals surface area contributed by atoms with Crippen LogP contribution >= 0.6 is 15.9 Å². The van der Waals surface area contributed by atoms with Gasteiger partial charge < -0.3 is 10.5 Å². The Kier molecular flexibility index (Phi) is 4.33. The van der Waals surface area contributed by atoms with E-state index in [1.54, 1.807) is 12.4 Å². The lowest BCUT2D eigenvalue weighted by atomic mass is 10.1. The number of nitrogens with zero attached hydrogens (tertiary/aromatic N) is 1. The van der Waals surface area contributed by atoms with Crippen molar-refractivity contribution < 1.29 is 4.74 Å². The number of hydrogen-bond donors (Lipinski definition) is 1. The van der Waals surface area contributed by atoms with Crippen molar-refractivity contribution in [2.24, 2.45) is 5.73 Å². The van der Waals surface area contributed by atoms with E-state index in [9.17, 15) is 0 Å². The predicted molar refractivity (Wildman–Crippen MR) is 75.3 cm³/mol. The lowest BCUT2D eigenvalue weighted by Crippen LogP contribution is -2.03. The number of rotatable bonds is 4. The molecule has 4 heteroatoms. The molecule has 0 spiro atoms. The maximum absolute atomic E-state index is 5.78. The molecule has 3 nitrogen and oxygen atoms in total. The van der Waals surface area contributed by atoms with Gasteiger partial charge in [-0.3, -0.25) is 4.98 Å². The molecule has 0 radical (unpaired) electrons. The zero-order valence-electron chi connectivity index (χ0n) is 10.2. The Hall–Kier alpha value is -1.39. The molecule has 94 valence electrons. The predicted octanol–water partition coefficient (Wildman–Crippen LogP) is 3.19. The summed E-state index contributed by atoms with van der Waals surface area (Å²) in [4.78, 5) is 4.10. The molecule has 1 aromatic heterocycles. The summed E-state index contributed by atoms with van der Waals surface area (Å²) in [5.41, 5.74) is 8.95. The molecule has 0 saturated carbocycles. The van der Waals surface area contributed by atoms with Crippen LogP contribution in [0.4, 0.5) is 0 Å². The first-order valence-electron chi connectivity index (χ1n) is 5.71. The molecule has 0 aliphatic heterocycles. The van der Waals surface area contributed by atoms with Crippen molar-refractivity contribution in [3.8, 4) is 5.75 Å². The molecule has 0 amide bonds. The first-order valence-corrected chi connectivity index (χ1v) is 6.50. The van der Waals surface area contributed by atoms with Crippen molar-refractivity contribution in [2.45, 2.75) is 20.1 Å². The van der Waals surface area contributed by atoms with Gasteiger partial charge in [0, 0.05) is 34.5 Å². The number of pyridine rings is 1. The van der Waals surface area contributed by atoms with Gasteiger partial charge in [-0.25, -0.2) is 0 Å². The van der Waals surface area contributed by atoms with Crippen LogP contribution in [0.15, 0.2) is 41.1 Å². The van der Waals surface area contributed by atoms with Crippen LogP contribution in [-0.4, -0.2) is 4.98 Å². The van der Waals surface area contributed by atoms with Crippen LogP contribution in [0.5, 0.6) is 5.75 Å². The highest BCUT2D eigenvalue weighted by atomic mass is 79.9. The highest BCUT2D eigenvalue weighted by Crippen LogP contribution is 2.21. The summed E-state index contributed by atoms with van der Waals surface area (Å²) in [7, 11) is 0. The fourth-order valence-electron chi connectivity index (χ4n) is 1.70. The Labute approximate surface area is 115 Å². The van der Waals surface area contributed by atoms with Crippen molar-refractivity contribution in [3.05, 3.63) is 57.8 Å². The zero-order valence-corrected chi connectivity index (χ0v) is 11.8. The number of aryl methyl sites for hydroxylation is 1. The lowest BCUT2D eigenvalue weighted by Gasteiger charge is -2.11. The van der Waals surface area contributed by atoms with E-state index in [1.807, 2.05) is 25.1 Å². The molecule has 2 aromatic rings. The quantitative estimate of drug-likeness (QED) is 0.943. The fourth-order valence-corrected chi connectivity index (χ4v) is 2.12. The van der Waals surface area contributed by atoms with Crippen molar-refractivity contribution in [2.75, 3.05) is 0 Å². The van der Waals surface area contributed by atoms with Crippen LogP contribution in [0, 0.1) is 6.92 Å². The van der Waals surface area contributed by atoms with Crippen molar-refractivity contribution in [1.82, 2.24) is 4.98 Å². The lowest BCUT2D eigenvalue weighted by molar-refractivity contribution is 0.302. The van der Waals surface area contributed by atoms with Gasteiger partial charge in [0.05, 0.1) is 0 Å². The average Bonchev–Trinajstić information content (AvgIpc) is 2.37. The van der Waals surface area contributed by atoms with Crippen molar-refractivity contribution >= 4 is 15.9 Å². The third-order valence-electron chi connectivity index (χ3n) is 2.59. The van der Waals surface area contributed by atoms with Crippen LogP contribution in [0.25, 0.3) is 0 Å². The Morgan fingerprint density at radius 3 is 2.83 bits per heavy atom. The van der Waals surface area contributed by atoms with Gasteiger partial charge in [-0.05, 0) is 35.0 Å². The molecule has 18 heavy (non-hydrogen) atoms. The van der Waals surface area contributed by atoms with E-state index in [-0.39, 0.29) is 0 Å². The molecular weight excluding hydrogens is 292 g/mol. The molecule has 0 unspecified atom stereocenters. The minimum atomic E-state index is 0.480. The molecule has 1 heterocycles. The molecule has 1 aromatic carbocycles. The topological polar surface area (TPSA) is 48.1 Å². The van der Waals surface area contributed by atoms with E-state index in [0.717, 1.165) is 21.3 Å². The molecule has 2 rings (SSSR count). The number of ether oxygens (including phenoxy) is 1. The highest BCUT2D eigenvalue weighted by Gasteiger charge is 2.03. The number of hydrogen-bond acceptors (Lipinski definition) is 3. The molecule has 0 aliphatic carbocycles. The summed E-state index contributed by atoms with van der Waals surface area (Å²) in [6.07, 6.45) is 3.54. The summed E-state index contributed by atoms with van der Waals surface area (Å²) in [6.45, 7) is 3.01. The van der Waals surface area contributed by atoms with Gasteiger partial charge in [-0.1, -0.05) is 17.7 Å².